The molecule has 6 heteroatoms. The molecule has 0 aliphatic carbocycles. The van der Waals surface area contributed by atoms with Crippen molar-refractivity contribution >= 4 is 10.0 Å². The lowest BCUT2D eigenvalue weighted by atomic mass is 10.1. The summed E-state index contributed by atoms with van der Waals surface area (Å²) in [6.45, 7) is 3.29. The Kier molecular flexibility index (Phi) is 4.27. The summed E-state index contributed by atoms with van der Waals surface area (Å²) in [5.74, 6) is 0.542. The summed E-state index contributed by atoms with van der Waals surface area (Å²) >= 11 is 0. The molecule has 0 fully saturated rings. The maximum absolute atomic E-state index is 12.3. The Morgan fingerprint density at radius 3 is 2.55 bits per heavy atom. The van der Waals surface area contributed by atoms with Crippen LogP contribution < -0.4 is 4.72 Å². The van der Waals surface area contributed by atoms with Crippen LogP contribution in [0.4, 0.5) is 0 Å². The van der Waals surface area contributed by atoms with E-state index >= 15 is 0 Å². The van der Waals surface area contributed by atoms with Crippen molar-refractivity contribution < 1.29 is 17.9 Å². The van der Waals surface area contributed by atoms with Crippen molar-refractivity contribution in [2.45, 2.75) is 30.9 Å². The fraction of sp³-hybridized carbons (Fsp3) is 0.286. The number of aliphatic hydroxyl groups excluding tert-OH is 1. The lowest BCUT2D eigenvalue weighted by Gasteiger charge is -2.13. The summed E-state index contributed by atoms with van der Waals surface area (Å²) in [7, 11) is -3.66. The minimum Gasteiger partial charge on any atom is -0.468 e. The first-order chi connectivity index (χ1) is 9.40. The standard InChI is InChI=1S/C14H17NO4S/c1-10(14-7-4-8-19-14)15-20(17,18)13-6-3-5-12(9-13)11(2)16/h3-11,15-16H,1-2H3. The number of rotatable bonds is 5. The smallest absolute Gasteiger partial charge is 0.241 e. The molecule has 0 aliphatic heterocycles. The van der Waals surface area contributed by atoms with Gasteiger partial charge in [-0.2, -0.15) is 0 Å². The fourth-order valence-corrected chi connectivity index (χ4v) is 3.10. The van der Waals surface area contributed by atoms with E-state index in [0.29, 0.717) is 11.3 Å². The molecule has 2 N–H and O–H groups in total. The van der Waals surface area contributed by atoms with Crippen molar-refractivity contribution in [3.05, 3.63) is 54.0 Å². The first kappa shape index (κ1) is 14.8. The van der Waals surface area contributed by atoms with E-state index in [1.165, 1.54) is 18.4 Å². The molecule has 0 bridgehead atoms. The molecule has 1 heterocycles. The fourth-order valence-electron chi connectivity index (χ4n) is 1.84. The summed E-state index contributed by atoms with van der Waals surface area (Å²) in [5, 5.41) is 9.52. The molecule has 108 valence electrons. The highest BCUT2D eigenvalue weighted by molar-refractivity contribution is 7.89. The van der Waals surface area contributed by atoms with E-state index in [9.17, 15) is 13.5 Å². The number of sulfonamides is 1. The van der Waals surface area contributed by atoms with E-state index in [2.05, 4.69) is 4.72 Å². The Bertz CT molecular complexity index is 662. The van der Waals surface area contributed by atoms with Gasteiger partial charge in [-0.25, -0.2) is 13.1 Å². The van der Waals surface area contributed by atoms with E-state index in [4.69, 9.17) is 4.42 Å². The average molecular weight is 295 g/mol. The Morgan fingerprint density at radius 1 is 1.20 bits per heavy atom. The highest BCUT2D eigenvalue weighted by Crippen LogP contribution is 2.20. The van der Waals surface area contributed by atoms with Crippen LogP contribution in [-0.2, 0) is 10.0 Å². The monoisotopic (exact) mass is 295 g/mol. The van der Waals surface area contributed by atoms with Gasteiger partial charge in [0.05, 0.1) is 23.3 Å². The molecule has 0 spiro atoms. The second-order valence-corrected chi connectivity index (χ2v) is 6.32. The third-order valence-corrected chi connectivity index (χ3v) is 4.49. The topological polar surface area (TPSA) is 79.5 Å². The molecular weight excluding hydrogens is 278 g/mol. The van der Waals surface area contributed by atoms with Crippen LogP contribution in [-0.4, -0.2) is 13.5 Å². The van der Waals surface area contributed by atoms with E-state index in [-0.39, 0.29) is 4.90 Å². The van der Waals surface area contributed by atoms with Crippen molar-refractivity contribution in [3.63, 3.8) is 0 Å². The maximum Gasteiger partial charge on any atom is 0.241 e. The van der Waals surface area contributed by atoms with Crippen LogP contribution in [0.25, 0.3) is 0 Å². The maximum atomic E-state index is 12.3. The number of hydrogen-bond acceptors (Lipinski definition) is 4. The van der Waals surface area contributed by atoms with Gasteiger partial charge in [-0.05, 0) is 43.7 Å². The molecular formula is C14H17NO4S. The summed E-state index contributed by atoms with van der Waals surface area (Å²) in [6, 6.07) is 9.18. The number of aliphatic hydroxyl groups is 1. The molecule has 0 saturated carbocycles. The zero-order chi connectivity index (χ0) is 14.8. The molecule has 5 nitrogen and oxygen atoms in total. The highest BCUT2D eigenvalue weighted by Gasteiger charge is 2.20. The van der Waals surface area contributed by atoms with E-state index < -0.39 is 22.2 Å². The molecule has 20 heavy (non-hydrogen) atoms. The molecule has 0 amide bonds. The zero-order valence-electron chi connectivity index (χ0n) is 11.3. The van der Waals surface area contributed by atoms with Gasteiger partial charge in [-0.1, -0.05) is 12.1 Å². The normalized spacial score (nSPS) is 14.9. The predicted octanol–water partition coefficient (Wildman–Crippen LogP) is 2.37. The summed E-state index contributed by atoms with van der Waals surface area (Å²) in [6.07, 6.45) is 0.779. The molecule has 2 atom stereocenters. The SMILES string of the molecule is CC(O)c1cccc(S(=O)(=O)NC(C)c2ccco2)c1. The van der Waals surface area contributed by atoms with Gasteiger partial charge in [0.2, 0.25) is 10.0 Å². The van der Waals surface area contributed by atoms with Crippen LogP contribution in [0, 0.1) is 0 Å². The number of furan rings is 1. The zero-order valence-corrected chi connectivity index (χ0v) is 12.1. The Labute approximate surface area is 118 Å². The van der Waals surface area contributed by atoms with Crippen molar-refractivity contribution in [2.75, 3.05) is 0 Å². The predicted molar refractivity (Wildman–Crippen MR) is 74.5 cm³/mol. The lowest BCUT2D eigenvalue weighted by Crippen LogP contribution is -2.26. The summed E-state index contributed by atoms with van der Waals surface area (Å²) in [5.41, 5.74) is 0.554. The lowest BCUT2D eigenvalue weighted by molar-refractivity contribution is 0.199. The van der Waals surface area contributed by atoms with Gasteiger partial charge < -0.3 is 9.52 Å². The first-order valence-corrected chi connectivity index (χ1v) is 7.72. The molecule has 0 saturated heterocycles. The third kappa shape index (κ3) is 3.27. The van der Waals surface area contributed by atoms with Crippen molar-refractivity contribution in [1.29, 1.82) is 0 Å². The van der Waals surface area contributed by atoms with Gasteiger partial charge in [0, 0.05) is 0 Å². The van der Waals surface area contributed by atoms with Gasteiger partial charge in [0.25, 0.3) is 0 Å². The van der Waals surface area contributed by atoms with Crippen molar-refractivity contribution in [1.82, 2.24) is 4.72 Å². The first-order valence-electron chi connectivity index (χ1n) is 6.24. The molecule has 2 unspecified atom stereocenters. The average Bonchev–Trinajstić information content (AvgIpc) is 2.92. The second-order valence-electron chi connectivity index (χ2n) is 4.61. The third-order valence-electron chi connectivity index (χ3n) is 2.95. The van der Waals surface area contributed by atoms with Gasteiger partial charge in [-0.15, -0.1) is 0 Å². The van der Waals surface area contributed by atoms with Crippen molar-refractivity contribution in [3.8, 4) is 0 Å². The molecule has 2 rings (SSSR count). The second kappa shape index (κ2) is 5.78. The van der Waals surface area contributed by atoms with E-state index in [0.717, 1.165) is 0 Å². The van der Waals surface area contributed by atoms with Gasteiger partial charge in [-0.3, -0.25) is 0 Å². The molecule has 2 aromatic rings. The molecule has 1 aromatic heterocycles. The number of nitrogens with one attached hydrogen (secondary N) is 1. The Morgan fingerprint density at radius 2 is 1.95 bits per heavy atom. The minimum absolute atomic E-state index is 0.120. The van der Waals surface area contributed by atoms with Gasteiger partial charge in [0.15, 0.2) is 0 Å². The highest BCUT2D eigenvalue weighted by atomic mass is 32.2. The summed E-state index contributed by atoms with van der Waals surface area (Å²) < 4.78 is 32.3. The quantitative estimate of drug-likeness (QED) is 0.887. The van der Waals surface area contributed by atoms with Crippen molar-refractivity contribution in [2.24, 2.45) is 0 Å². The van der Waals surface area contributed by atoms with Gasteiger partial charge in [0.1, 0.15) is 5.76 Å². The van der Waals surface area contributed by atoms with Crippen LogP contribution >= 0.6 is 0 Å². The van der Waals surface area contributed by atoms with Crippen LogP contribution in [0.2, 0.25) is 0 Å². The van der Waals surface area contributed by atoms with Crippen LogP contribution in [0.3, 0.4) is 0 Å². The Balaban J connectivity index is 2.24. The van der Waals surface area contributed by atoms with E-state index in [1.807, 2.05) is 0 Å². The number of hydrogen-bond donors (Lipinski definition) is 2. The molecule has 1 aromatic carbocycles. The molecule has 0 aliphatic rings. The minimum atomic E-state index is -3.66. The molecule has 0 radical (unpaired) electrons. The van der Waals surface area contributed by atoms with Crippen LogP contribution in [0.15, 0.2) is 52.0 Å². The number of benzene rings is 1. The Hall–Kier alpha value is -1.63. The largest absolute Gasteiger partial charge is 0.468 e. The van der Waals surface area contributed by atoms with E-state index in [1.54, 1.807) is 38.1 Å². The van der Waals surface area contributed by atoms with Crippen LogP contribution in [0.1, 0.15) is 37.3 Å². The summed E-state index contributed by atoms with van der Waals surface area (Å²) in [4.78, 5) is 0.120. The van der Waals surface area contributed by atoms with Crippen LogP contribution in [0.5, 0.6) is 0 Å². The van der Waals surface area contributed by atoms with Gasteiger partial charge >= 0.3 is 0 Å².